The molecular weight excluding hydrogens is 286 g/mol. The van der Waals surface area contributed by atoms with Gasteiger partial charge in [0.1, 0.15) is 0 Å². The van der Waals surface area contributed by atoms with Gasteiger partial charge >= 0.3 is 0 Å². The summed E-state index contributed by atoms with van der Waals surface area (Å²) < 4.78 is 10.8. The van der Waals surface area contributed by atoms with Crippen molar-refractivity contribution in [3.63, 3.8) is 0 Å². The van der Waals surface area contributed by atoms with Gasteiger partial charge in [-0.3, -0.25) is 5.10 Å². The number of nitrogen functional groups attached to an aromatic ring is 1. The van der Waals surface area contributed by atoms with Gasteiger partial charge in [0, 0.05) is 10.4 Å². The topological polar surface area (TPSA) is 73.2 Å². The molecule has 0 atom stereocenters. The van der Waals surface area contributed by atoms with Crippen molar-refractivity contribution in [3.05, 3.63) is 35.7 Å². The van der Waals surface area contributed by atoms with E-state index in [-0.39, 0.29) is 0 Å². The number of benzene rings is 1. The van der Waals surface area contributed by atoms with Gasteiger partial charge < -0.3 is 15.2 Å². The first-order valence-electron chi connectivity index (χ1n) is 6.35. The lowest BCUT2D eigenvalue weighted by molar-refractivity contribution is 0.356. The molecule has 0 fully saturated rings. The average Bonchev–Trinajstić information content (AvgIpc) is 3.15. The summed E-state index contributed by atoms with van der Waals surface area (Å²) in [6.07, 6.45) is 0. The van der Waals surface area contributed by atoms with Gasteiger partial charge in [-0.25, -0.2) is 0 Å². The second-order valence-electron chi connectivity index (χ2n) is 4.38. The third-order valence-corrected chi connectivity index (χ3v) is 4.12. The van der Waals surface area contributed by atoms with Crippen LogP contribution in [0.3, 0.4) is 0 Å². The van der Waals surface area contributed by atoms with Crippen LogP contribution in [0.4, 0.5) is 5.82 Å². The second kappa shape index (κ2) is 5.49. The van der Waals surface area contributed by atoms with E-state index in [9.17, 15) is 0 Å². The summed E-state index contributed by atoms with van der Waals surface area (Å²) in [5.74, 6) is 1.79. The smallest absolute Gasteiger partial charge is 0.170 e. The zero-order valence-electron chi connectivity index (χ0n) is 11.7. The predicted octanol–water partition coefficient (Wildman–Crippen LogP) is 3.40. The van der Waals surface area contributed by atoms with E-state index in [1.807, 2.05) is 35.7 Å². The van der Waals surface area contributed by atoms with E-state index in [1.165, 1.54) is 0 Å². The summed E-state index contributed by atoms with van der Waals surface area (Å²) in [6, 6.07) is 9.71. The lowest BCUT2D eigenvalue weighted by Crippen LogP contribution is -1.94. The van der Waals surface area contributed by atoms with Crippen LogP contribution in [0.15, 0.2) is 35.7 Å². The van der Waals surface area contributed by atoms with Gasteiger partial charge in [0.25, 0.3) is 0 Å². The number of hydrogen-bond acceptors (Lipinski definition) is 5. The number of hydrogen-bond donors (Lipinski definition) is 2. The molecule has 0 bridgehead atoms. The SMILES string of the molecule is COc1cccc(-c2[nH]nc(N)c2-c2cccs2)c1OC. The number of nitrogens with zero attached hydrogens (tertiary/aromatic N) is 1. The average molecular weight is 301 g/mol. The maximum atomic E-state index is 6.02. The van der Waals surface area contributed by atoms with Crippen LogP contribution >= 0.6 is 11.3 Å². The highest BCUT2D eigenvalue weighted by Crippen LogP contribution is 2.43. The van der Waals surface area contributed by atoms with Crippen molar-refractivity contribution in [1.82, 2.24) is 10.2 Å². The third-order valence-electron chi connectivity index (χ3n) is 3.23. The molecule has 5 nitrogen and oxygen atoms in total. The molecule has 0 aliphatic carbocycles. The molecule has 108 valence electrons. The van der Waals surface area contributed by atoms with Crippen molar-refractivity contribution in [2.24, 2.45) is 0 Å². The van der Waals surface area contributed by atoms with Crippen molar-refractivity contribution in [2.45, 2.75) is 0 Å². The number of nitrogens with one attached hydrogen (secondary N) is 1. The summed E-state index contributed by atoms with van der Waals surface area (Å²) in [6.45, 7) is 0. The van der Waals surface area contributed by atoms with Crippen LogP contribution in [-0.4, -0.2) is 24.4 Å². The minimum Gasteiger partial charge on any atom is -0.493 e. The van der Waals surface area contributed by atoms with Crippen LogP contribution < -0.4 is 15.2 Å². The van der Waals surface area contributed by atoms with E-state index in [4.69, 9.17) is 15.2 Å². The first kappa shape index (κ1) is 13.5. The monoisotopic (exact) mass is 301 g/mol. The van der Waals surface area contributed by atoms with Crippen molar-refractivity contribution in [3.8, 4) is 33.2 Å². The molecule has 6 heteroatoms. The van der Waals surface area contributed by atoms with E-state index >= 15 is 0 Å². The van der Waals surface area contributed by atoms with Crippen LogP contribution in [-0.2, 0) is 0 Å². The number of thiophene rings is 1. The highest BCUT2D eigenvalue weighted by atomic mass is 32.1. The summed E-state index contributed by atoms with van der Waals surface area (Å²) in [5.41, 5.74) is 8.60. The van der Waals surface area contributed by atoms with E-state index < -0.39 is 0 Å². The van der Waals surface area contributed by atoms with Gasteiger partial charge in [0.15, 0.2) is 17.3 Å². The minimum atomic E-state index is 0.470. The molecule has 0 aliphatic rings. The molecule has 1 aromatic carbocycles. The van der Waals surface area contributed by atoms with Gasteiger partial charge in [-0.2, -0.15) is 5.10 Å². The zero-order valence-corrected chi connectivity index (χ0v) is 12.5. The maximum absolute atomic E-state index is 6.02. The molecule has 0 saturated carbocycles. The van der Waals surface area contributed by atoms with E-state index in [0.717, 1.165) is 21.7 Å². The third kappa shape index (κ3) is 2.23. The van der Waals surface area contributed by atoms with Gasteiger partial charge in [-0.15, -0.1) is 11.3 Å². The molecule has 0 spiro atoms. The number of rotatable bonds is 4. The lowest BCUT2D eigenvalue weighted by atomic mass is 10.0. The van der Waals surface area contributed by atoms with Crippen molar-refractivity contribution in [2.75, 3.05) is 20.0 Å². The number of nitrogens with two attached hydrogens (primary N) is 1. The molecule has 0 amide bonds. The van der Waals surface area contributed by atoms with Crippen LogP contribution in [0.25, 0.3) is 21.7 Å². The highest BCUT2D eigenvalue weighted by Gasteiger charge is 2.20. The Morgan fingerprint density at radius 3 is 2.67 bits per heavy atom. The fraction of sp³-hybridized carbons (Fsp3) is 0.133. The minimum absolute atomic E-state index is 0.470. The number of H-pyrrole nitrogens is 1. The van der Waals surface area contributed by atoms with E-state index in [0.29, 0.717) is 17.3 Å². The Balaban J connectivity index is 2.23. The van der Waals surface area contributed by atoms with Crippen LogP contribution in [0.1, 0.15) is 0 Å². The summed E-state index contributed by atoms with van der Waals surface area (Å²) in [5, 5.41) is 9.15. The number of methoxy groups -OCH3 is 2. The van der Waals surface area contributed by atoms with Gasteiger partial charge in [-0.1, -0.05) is 12.1 Å². The first-order valence-corrected chi connectivity index (χ1v) is 7.23. The Kier molecular flexibility index (Phi) is 3.53. The Morgan fingerprint density at radius 1 is 1.14 bits per heavy atom. The fourth-order valence-corrected chi connectivity index (χ4v) is 3.09. The first-order chi connectivity index (χ1) is 10.3. The molecule has 2 aromatic heterocycles. The number of para-hydroxylation sites is 1. The quantitative estimate of drug-likeness (QED) is 0.774. The molecule has 21 heavy (non-hydrogen) atoms. The fourth-order valence-electron chi connectivity index (χ4n) is 2.31. The van der Waals surface area contributed by atoms with Crippen LogP contribution in [0.5, 0.6) is 11.5 Å². The summed E-state index contributed by atoms with van der Waals surface area (Å²) in [4.78, 5) is 1.06. The lowest BCUT2D eigenvalue weighted by Gasteiger charge is -2.12. The zero-order chi connectivity index (χ0) is 14.8. The molecule has 3 rings (SSSR count). The summed E-state index contributed by atoms with van der Waals surface area (Å²) >= 11 is 1.61. The van der Waals surface area contributed by atoms with Gasteiger partial charge in [0.2, 0.25) is 0 Å². The molecule has 0 radical (unpaired) electrons. The number of anilines is 1. The number of ether oxygens (including phenoxy) is 2. The molecule has 2 heterocycles. The standard InChI is InChI=1S/C15H15N3O2S/c1-19-10-6-3-5-9(14(10)20-2)13-12(15(16)18-17-13)11-7-4-8-21-11/h3-8H,1-2H3,(H3,16,17,18). The van der Waals surface area contributed by atoms with Crippen molar-refractivity contribution < 1.29 is 9.47 Å². The number of aromatic amines is 1. The molecule has 0 unspecified atom stereocenters. The van der Waals surface area contributed by atoms with Gasteiger partial charge in [-0.05, 0) is 23.6 Å². The normalized spacial score (nSPS) is 10.6. The molecular formula is C15H15N3O2S. The van der Waals surface area contributed by atoms with E-state index in [1.54, 1.807) is 25.6 Å². The van der Waals surface area contributed by atoms with Crippen LogP contribution in [0, 0.1) is 0 Å². The van der Waals surface area contributed by atoms with Crippen molar-refractivity contribution in [1.29, 1.82) is 0 Å². The largest absolute Gasteiger partial charge is 0.493 e. The predicted molar refractivity (Wildman–Crippen MR) is 84.9 cm³/mol. The van der Waals surface area contributed by atoms with Crippen LogP contribution in [0.2, 0.25) is 0 Å². The Labute approximate surface area is 126 Å². The highest BCUT2D eigenvalue weighted by molar-refractivity contribution is 7.13. The van der Waals surface area contributed by atoms with Crippen molar-refractivity contribution >= 4 is 17.2 Å². The molecule has 3 aromatic rings. The number of aromatic nitrogens is 2. The van der Waals surface area contributed by atoms with E-state index in [2.05, 4.69) is 10.2 Å². The molecule has 3 N–H and O–H groups in total. The Bertz CT molecular complexity index is 750. The molecule has 0 saturated heterocycles. The Hall–Kier alpha value is -2.47. The van der Waals surface area contributed by atoms with Gasteiger partial charge in [0.05, 0.1) is 25.5 Å². The summed E-state index contributed by atoms with van der Waals surface area (Å²) in [7, 11) is 3.23. The maximum Gasteiger partial charge on any atom is 0.170 e. The molecule has 0 aliphatic heterocycles. The second-order valence-corrected chi connectivity index (χ2v) is 5.32. The Morgan fingerprint density at radius 2 is 2.00 bits per heavy atom.